The molecule has 1 N–H and O–H groups in total. The first kappa shape index (κ1) is 25.0. The molecular formula is C26H26FN3O6S. The minimum atomic E-state index is -3.94. The molecule has 2 aliphatic heterocycles. The molecule has 1 fully saturated rings. The lowest BCUT2D eigenvalue weighted by Crippen LogP contribution is -2.41. The second kappa shape index (κ2) is 10.3. The zero-order valence-corrected chi connectivity index (χ0v) is 21.0. The lowest BCUT2D eigenvalue weighted by atomic mass is 9.97. The Morgan fingerprint density at radius 3 is 2.57 bits per heavy atom. The highest BCUT2D eigenvalue weighted by atomic mass is 32.2. The predicted octanol–water partition coefficient (Wildman–Crippen LogP) is 4.10. The molecule has 2 aliphatic rings. The van der Waals surface area contributed by atoms with Gasteiger partial charge in [0, 0.05) is 36.3 Å². The molecule has 0 unspecified atom stereocenters. The third-order valence-electron chi connectivity index (χ3n) is 6.39. The molecule has 0 spiro atoms. The fraction of sp³-hybridized carbons (Fsp3) is 0.308. The lowest BCUT2D eigenvalue weighted by molar-refractivity contribution is -0.120. The molecule has 0 aliphatic carbocycles. The average Bonchev–Trinajstić information content (AvgIpc) is 3.29. The number of hydrogen-bond donors (Lipinski definition) is 1. The van der Waals surface area contributed by atoms with Crippen LogP contribution in [0.1, 0.15) is 29.9 Å². The Bertz CT molecular complexity index is 1440. The van der Waals surface area contributed by atoms with E-state index in [1.165, 1.54) is 22.5 Å². The molecule has 1 amide bonds. The van der Waals surface area contributed by atoms with Crippen LogP contribution in [0.5, 0.6) is 11.5 Å². The van der Waals surface area contributed by atoms with E-state index in [0.29, 0.717) is 48.8 Å². The number of aromatic nitrogens is 1. The van der Waals surface area contributed by atoms with Gasteiger partial charge in [-0.2, -0.15) is 4.31 Å². The van der Waals surface area contributed by atoms with Crippen molar-refractivity contribution < 1.29 is 31.6 Å². The van der Waals surface area contributed by atoms with E-state index in [1.54, 1.807) is 43.3 Å². The fourth-order valence-corrected chi connectivity index (χ4v) is 6.15. The summed E-state index contributed by atoms with van der Waals surface area (Å²) >= 11 is 0. The van der Waals surface area contributed by atoms with E-state index in [-0.39, 0.29) is 41.3 Å². The SMILES string of the molecule is Cc1noc(/C=C/c2ccccc2F)c1S(=O)(=O)N1CCC(C(=O)Nc2ccc3c(c2)OCCO3)CC1. The van der Waals surface area contributed by atoms with E-state index in [2.05, 4.69) is 10.5 Å². The molecule has 5 rings (SSSR count). The third kappa shape index (κ3) is 5.23. The molecule has 0 saturated carbocycles. The maximum Gasteiger partial charge on any atom is 0.248 e. The smallest absolute Gasteiger partial charge is 0.248 e. The van der Waals surface area contributed by atoms with Gasteiger partial charge in [0.1, 0.15) is 24.7 Å². The van der Waals surface area contributed by atoms with E-state index in [1.807, 2.05) is 0 Å². The van der Waals surface area contributed by atoms with Crippen LogP contribution in [0.2, 0.25) is 0 Å². The summed E-state index contributed by atoms with van der Waals surface area (Å²) in [7, 11) is -3.94. The van der Waals surface area contributed by atoms with Crippen molar-refractivity contribution in [3.63, 3.8) is 0 Å². The van der Waals surface area contributed by atoms with Crippen LogP contribution in [0.3, 0.4) is 0 Å². The van der Waals surface area contributed by atoms with Gasteiger partial charge in [-0.1, -0.05) is 23.4 Å². The molecule has 0 bridgehead atoms. The number of anilines is 1. The van der Waals surface area contributed by atoms with Crippen molar-refractivity contribution in [3.05, 3.63) is 65.3 Å². The molecule has 1 aromatic heterocycles. The largest absolute Gasteiger partial charge is 0.486 e. The summed E-state index contributed by atoms with van der Waals surface area (Å²) in [5, 5.41) is 6.71. The number of aryl methyl sites for hydroxylation is 1. The Morgan fingerprint density at radius 2 is 1.81 bits per heavy atom. The standard InChI is InChI=1S/C26H26FN3O6S/c1-17-25(23(36-29-17)8-6-18-4-2-3-5-21(18)27)37(32,33)30-12-10-19(11-13-30)26(31)28-20-7-9-22-24(16-20)35-15-14-34-22/h2-9,16,19H,10-15H2,1H3,(H,28,31)/b8-6+. The van der Waals surface area contributed by atoms with Crippen LogP contribution in [0.25, 0.3) is 12.2 Å². The number of halogens is 1. The Hall–Kier alpha value is -3.70. The first-order valence-electron chi connectivity index (χ1n) is 11.9. The third-order valence-corrected chi connectivity index (χ3v) is 8.44. The number of benzene rings is 2. The Morgan fingerprint density at radius 1 is 1.08 bits per heavy atom. The summed E-state index contributed by atoms with van der Waals surface area (Å²) < 4.78 is 58.5. The van der Waals surface area contributed by atoms with Gasteiger partial charge < -0.3 is 19.3 Å². The number of rotatable bonds is 6. The van der Waals surface area contributed by atoms with Crippen molar-refractivity contribution in [3.8, 4) is 11.5 Å². The molecule has 194 valence electrons. The molecule has 37 heavy (non-hydrogen) atoms. The number of nitrogens with zero attached hydrogens (tertiary/aromatic N) is 2. The zero-order chi connectivity index (χ0) is 26.0. The first-order chi connectivity index (χ1) is 17.8. The maximum absolute atomic E-state index is 14.0. The Kier molecular flexibility index (Phi) is 6.98. The first-order valence-corrected chi connectivity index (χ1v) is 13.4. The van der Waals surface area contributed by atoms with Gasteiger partial charge in [0.2, 0.25) is 15.9 Å². The van der Waals surface area contributed by atoms with Gasteiger partial charge in [-0.05, 0) is 50.1 Å². The van der Waals surface area contributed by atoms with Gasteiger partial charge >= 0.3 is 0 Å². The number of nitrogens with one attached hydrogen (secondary N) is 1. The summed E-state index contributed by atoms with van der Waals surface area (Å²) in [5.74, 6) is 0.283. The number of hydrogen-bond acceptors (Lipinski definition) is 7. The highest BCUT2D eigenvalue weighted by molar-refractivity contribution is 7.89. The molecule has 0 atom stereocenters. The average molecular weight is 528 g/mol. The van der Waals surface area contributed by atoms with Crippen molar-refractivity contribution in [1.29, 1.82) is 0 Å². The lowest BCUT2D eigenvalue weighted by Gasteiger charge is -2.30. The van der Waals surface area contributed by atoms with E-state index >= 15 is 0 Å². The predicted molar refractivity (Wildman–Crippen MR) is 134 cm³/mol. The van der Waals surface area contributed by atoms with Gasteiger partial charge in [0.05, 0.1) is 0 Å². The molecule has 2 aromatic carbocycles. The number of piperidine rings is 1. The van der Waals surface area contributed by atoms with Crippen LogP contribution in [0.4, 0.5) is 10.1 Å². The maximum atomic E-state index is 14.0. The van der Waals surface area contributed by atoms with Crippen molar-refractivity contribution in [2.24, 2.45) is 5.92 Å². The van der Waals surface area contributed by atoms with Gasteiger partial charge in [-0.25, -0.2) is 12.8 Å². The number of carbonyl (C=O) groups excluding carboxylic acids is 1. The van der Waals surface area contributed by atoms with Crippen LogP contribution in [-0.4, -0.2) is 50.1 Å². The van der Waals surface area contributed by atoms with Crippen molar-refractivity contribution >= 4 is 33.8 Å². The van der Waals surface area contributed by atoms with Gasteiger partial charge in [-0.3, -0.25) is 4.79 Å². The number of ether oxygens (including phenoxy) is 2. The second-order valence-corrected chi connectivity index (χ2v) is 10.7. The van der Waals surface area contributed by atoms with Crippen LogP contribution in [0, 0.1) is 18.7 Å². The van der Waals surface area contributed by atoms with Crippen molar-refractivity contribution in [2.75, 3.05) is 31.6 Å². The van der Waals surface area contributed by atoms with Crippen molar-refractivity contribution in [1.82, 2.24) is 9.46 Å². The van der Waals surface area contributed by atoms with E-state index in [4.69, 9.17) is 14.0 Å². The Balaban J connectivity index is 1.25. The highest BCUT2D eigenvalue weighted by Crippen LogP contribution is 2.34. The minimum Gasteiger partial charge on any atom is -0.486 e. The second-order valence-electron chi connectivity index (χ2n) is 8.84. The van der Waals surface area contributed by atoms with Crippen LogP contribution < -0.4 is 14.8 Å². The van der Waals surface area contributed by atoms with Gasteiger partial charge in [0.25, 0.3) is 0 Å². The van der Waals surface area contributed by atoms with Crippen molar-refractivity contribution in [2.45, 2.75) is 24.7 Å². The summed E-state index contributed by atoms with van der Waals surface area (Å²) in [6, 6.07) is 11.4. The number of carbonyl (C=O) groups is 1. The normalized spacial score (nSPS) is 16.7. The van der Waals surface area contributed by atoms with Crippen LogP contribution in [0.15, 0.2) is 51.9 Å². The summed E-state index contributed by atoms with van der Waals surface area (Å²) in [6.07, 6.45) is 3.57. The monoisotopic (exact) mass is 527 g/mol. The topological polar surface area (TPSA) is 111 Å². The number of fused-ring (bicyclic) bond motifs is 1. The summed E-state index contributed by atoms with van der Waals surface area (Å²) in [5.41, 5.74) is 1.10. The van der Waals surface area contributed by atoms with Crippen LogP contribution >= 0.6 is 0 Å². The van der Waals surface area contributed by atoms with Gasteiger partial charge in [0.15, 0.2) is 22.2 Å². The zero-order valence-electron chi connectivity index (χ0n) is 20.1. The molecular weight excluding hydrogens is 501 g/mol. The number of amides is 1. The molecule has 3 aromatic rings. The molecule has 3 heterocycles. The summed E-state index contributed by atoms with van der Waals surface area (Å²) in [6.45, 7) is 2.82. The van der Waals surface area contributed by atoms with Gasteiger partial charge in [-0.15, -0.1) is 0 Å². The van der Waals surface area contributed by atoms with Crippen LogP contribution in [-0.2, 0) is 14.8 Å². The molecule has 9 nitrogen and oxygen atoms in total. The van der Waals surface area contributed by atoms with E-state index in [9.17, 15) is 17.6 Å². The minimum absolute atomic E-state index is 0.0271. The Labute approximate surface area is 213 Å². The molecule has 1 saturated heterocycles. The highest BCUT2D eigenvalue weighted by Gasteiger charge is 2.36. The fourth-order valence-electron chi connectivity index (χ4n) is 4.43. The molecule has 0 radical (unpaired) electrons. The number of sulfonamides is 1. The van der Waals surface area contributed by atoms with E-state index < -0.39 is 15.8 Å². The molecule has 11 heteroatoms. The quantitative estimate of drug-likeness (QED) is 0.514. The van der Waals surface area contributed by atoms with E-state index in [0.717, 1.165) is 0 Å². The summed E-state index contributed by atoms with van der Waals surface area (Å²) in [4.78, 5) is 12.8.